The van der Waals surface area contributed by atoms with Gasteiger partial charge in [-0.2, -0.15) is 0 Å². The van der Waals surface area contributed by atoms with Gasteiger partial charge < -0.3 is 9.73 Å². The average molecular weight is 362 g/mol. The minimum absolute atomic E-state index is 0.00265. The third-order valence-corrected chi connectivity index (χ3v) is 4.68. The molecule has 1 aromatic heterocycles. The lowest BCUT2D eigenvalue weighted by molar-refractivity contribution is -0.119. The molecule has 5 nitrogen and oxygen atoms in total. The molecule has 2 rings (SSSR count). The molecule has 136 valence electrons. The molecule has 0 spiro atoms. The van der Waals surface area contributed by atoms with Gasteiger partial charge in [0, 0.05) is 11.6 Å². The normalized spacial score (nSPS) is 12.4. The zero-order valence-corrected chi connectivity index (χ0v) is 16.2. The van der Waals surface area contributed by atoms with Gasteiger partial charge in [0.05, 0.1) is 5.75 Å². The first-order valence-electron chi connectivity index (χ1n) is 8.76. The van der Waals surface area contributed by atoms with Crippen LogP contribution < -0.4 is 5.32 Å². The van der Waals surface area contributed by atoms with Crippen molar-refractivity contribution in [1.29, 1.82) is 0 Å². The van der Waals surface area contributed by atoms with Crippen LogP contribution in [-0.2, 0) is 4.79 Å². The molecular weight excluding hydrogens is 334 g/mol. The topological polar surface area (TPSA) is 68.0 Å². The lowest BCUT2D eigenvalue weighted by atomic mass is 10.0. The third kappa shape index (κ3) is 6.90. The Kier molecular flexibility index (Phi) is 7.50. The van der Waals surface area contributed by atoms with Crippen LogP contribution in [0.2, 0.25) is 0 Å². The van der Waals surface area contributed by atoms with E-state index in [1.807, 2.05) is 38.1 Å². The summed E-state index contributed by atoms with van der Waals surface area (Å²) in [6.07, 6.45) is 3.33. The van der Waals surface area contributed by atoms with Gasteiger partial charge in [-0.1, -0.05) is 56.1 Å². The third-order valence-electron chi connectivity index (χ3n) is 3.86. The van der Waals surface area contributed by atoms with Crippen molar-refractivity contribution in [2.75, 3.05) is 5.75 Å². The summed E-state index contributed by atoms with van der Waals surface area (Å²) in [5.74, 6) is 1.46. The maximum Gasteiger partial charge on any atom is 0.277 e. The second kappa shape index (κ2) is 9.61. The van der Waals surface area contributed by atoms with E-state index in [0.29, 0.717) is 17.0 Å². The summed E-state index contributed by atoms with van der Waals surface area (Å²) in [7, 11) is 0. The Bertz CT molecular complexity index is 668. The number of aromatic nitrogens is 2. The molecule has 0 fully saturated rings. The van der Waals surface area contributed by atoms with Crippen molar-refractivity contribution >= 4 is 17.7 Å². The largest absolute Gasteiger partial charge is 0.411 e. The lowest BCUT2D eigenvalue weighted by Gasteiger charge is -2.14. The first kappa shape index (κ1) is 19.5. The standard InChI is InChI=1S/C19H27N3O2S/c1-13(2)6-5-7-15(4)20-17(23)12-25-19-22-21-18(24-19)16-10-8-14(3)9-11-16/h8-11,13,15H,5-7,12H2,1-4H3,(H,20,23)/t15-/m1/s1. The monoisotopic (exact) mass is 361 g/mol. The van der Waals surface area contributed by atoms with Gasteiger partial charge in [0.1, 0.15) is 0 Å². The number of benzene rings is 1. The summed E-state index contributed by atoms with van der Waals surface area (Å²) in [4.78, 5) is 12.0. The first-order valence-corrected chi connectivity index (χ1v) is 9.75. The smallest absolute Gasteiger partial charge is 0.277 e. The number of hydrogen-bond donors (Lipinski definition) is 1. The Morgan fingerprint density at radius 2 is 1.88 bits per heavy atom. The number of amides is 1. The molecular formula is C19H27N3O2S. The number of carbonyl (C=O) groups excluding carboxylic acids is 1. The maximum atomic E-state index is 12.0. The van der Waals surface area contributed by atoms with Gasteiger partial charge in [-0.05, 0) is 38.3 Å². The Balaban J connectivity index is 1.75. The molecule has 1 N–H and O–H groups in total. The molecule has 2 aromatic rings. The number of carbonyl (C=O) groups is 1. The van der Waals surface area contributed by atoms with E-state index < -0.39 is 0 Å². The van der Waals surface area contributed by atoms with Gasteiger partial charge in [-0.15, -0.1) is 10.2 Å². The molecule has 6 heteroatoms. The van der Waals surface area contributed by atoms with E-state index in [2.05, 4.69) is 29.4 Å². The second-order valence-electron chi connectivity index (χ2n) is 6.82. The molecule has 0 aliphatic rings. The Morgan fingerprint density at radius 3 is 2.56 bits per heavy atom. The van der Waals surface area contributed by atoms with Gasteiger partial charge in [-0.25, -0.2) is 0 Å². The summed E-state index contributed by atoms with van der Waals surface area (Å²) in [5.41, 5.74) is 2.06. The van der Waals surface area contributed by atoms with Crippen LogP contribution in [0.1, 0.15) is 45.6 Å². The van der Waals surface area contributed by atoms with E-state index in [0.717, 1.165) is 18.4 Å². The van der Waals surface area contributed by atoms with E-state index in [1.54, 1.807) is 0 Å². The number of nitrogens with one attached hydrogen (secondary N) is 1. The predicted molar refractivity (Wildman–Crippen MR) is 101 cm³/mol. The first-order chi connectivity index (χ1) is 11.9. The maximum absolute atomic E-state index is 12.0. The SMILES string of the molecule is Cc1ccc(-c2nnc(SCC(=O)N[C@H](C)CCCC(C)C)o2)cc1. The summed E-state index contributed by atoms with van der Waals surface area (Å²) in [6, 6.07) is 8.09. The summed E-state index contributed by atoms with van der Waals surface area (Å²) < 4.78 is 5.62. The van der Waals surface area contributed by atoms with Crippen LogP contribution in [0.25, 0.3) is 11.5 Å². The number of nitrogens with zero attached hydrogens (tertiary/aromatic N) is 2. The molecule has 0 saturated carbocycles. The summed E-state index contributed by atoms with van der Waals surface area (Å²) >= 11 is 1.27. The number of aryl methyl sites for hydroxylation is 1. The van der Waals surface area contributed by atoms with E-state index >= 15 is 0 Å². The minimum atomic E-state index is -0.00265. The minimum Gasteiger partial charge on any atom is -0.411 e. The molecule has 0 aliphatic carbocycles. The van der Waals surface area contributed by atoms with Crippen LogP contribution in [0, 0.1) is 12.8 Å². The molecule has 0 saturated heterocycles. The van der Waals surface area contributed by atoms with E-state index in [9.17, 15) is 4.79 Å². The fourth-order valence-corrected chi connectivity index (χ4v) is 3.00. The molecule has 1 heterocycles. The molecule has 0 bridgehead atoms. The Morgan fingerprint density at radius 1 is 1.16 bits per heavy atom. The summed E-state index contributed by atoms with van der Waals surface area (Å²) in [6.45, 7) is 8.51. The molecule has 1 amide bonds. The van der Waals surface area contributed by atoms with Crippen LogP contribution in [0.15, 0.2) is 33.9 Å². The number of hydrogen-bond acceptors (Lipinski definition) is 5. The Labute approximate surface area is 154 Å². The van der Waals surface area contributed by atoms with E-state index in [1.165, 1.54) is 23.7 Å². The number of rotatable bonds is 9. The van der Waals surface area contributed by atoms with Crippen molar-refractivity contribution in [3.8, 4) is 11.5 Å². The highest BCUT2D eigenvalue weighted by atomic mass is 32.2. The van der Waals surface area contributed by atoms with Gasteiger partial charge >= 0.3 is 0 Å². The lowest BCUT2D eigenvalue weighted by Crippen LogP contribution is -2.33. The van der Waals surface area contributed by atoms with Crippen molar-refractivity contribution in [3.05, 3.63) is 29.8 Å². The van der Waals surface area contributed by atoms with Gasteiger partial charge in [0.2, 0.25) is 11.8 Å². The van der Waals surface area contributed by atoms with Crippen LogP contribution in [-0.4, -0.2) is 27.9 Å². The molecule has 1 aromatic carbocycles. The van der Waals surface area contributed by atoms with E-state index in [-0.39, 0.29) is 17.7 Å². The fourth-order valence-electron chi connectivity index (χ4n) is 2.43. The molecule has 0 aliphatic heterocycles. The molecule has 25 heavy (non-hydrogen) atoms. The number of thioether (sulfide) groups is 1. The van der Waals surface area contributed by atoms with Crippen LogP contribution in [0.5, 0.6) is 0 Å². The molecule has 0 unspecified atom stereocenters. The average Bonchev–Trinajstić information content (AvgIpc) is 3.02. The highest BCUT2D eigenvalue weighted by Crippen LogP contribution is 2.23. The van der Waals surface area contributed by atoms with Crippen LogP contribution in [0.3, 0.4) is 0 Å². The fraction of sp³-hybridized carbons (Fsp3) is 0.526. The van der Waals surface area contributed by atoms with Crippen LogP contribution in [0.4, 0.5) is 0 Å². The van der Waals surface area contributed by atoms with Crippen molar-refractivity contribution in [3.63, 3.8) is 0 Å². The summed E-state index contributed by atoms with van der Waals surface area (Å²) in [5, 5.41) is 11.5. The van der Waals surface area contributed by atoms with Crippen molar-refractivity contribution in [1.82, 2.24) is 15.5 Å². The predicted octanol–water partition coefficient (Wildman–Crippen LogP) is 4.47. The van der Waals surface area contributed by atoms with E-state index in [4.69, 9.17) is 4.42 Å². The molecule has 1 atom stereocenters. The van der Waals surface area contributed by atoms with Gasteiger partial charge in [0.25, 0.3) is 5.22 Å². The second-order valence-corrected chi connectivity index (χ2v) is 7.75. The highest BCUT2D eigenvalue weighted by molar-refractivity contribution is 7.99. The highest BCUT2D eigenvalue weighted by Gasteiger charge is 2.12. The van der Waals surface area contributed by atoms with Crippen molar-refractivity contribution < 1.29 is 9.21 Å². The van der Waals surface area contributed by atoms with Crippen molar-refractivity contribution in [2.45, 2.75) is 58.2 Å². The zero-order chi connectivity index (χ0) is 18.2. The quantitative estimate of drug-likeness (QED) is 0.668. The Hall–Kier alpha value is -1.82. The van der Waals surface area contributed by atoms with Crippen LogP contribution >= 0.6 is 11.8 Å². The van der Waals surface area contributed by atoms with Gasteiger partial charge in [-0.3, -0.25) is 4.79 Å². The van der Waals surface area contributed by atoms with Crippen molar-refractivity contribution in [2.24, 2.45) is 5.92 Å². The van der Waals surface area contributed by atoms with Gasteiger partial charge in [0.15, 0.2) is 0 Å². The molecule has 0 radical (unpaired) electrons. The zero-order valence-electron chi connectivity index (χ0n) is 15.4.